The zero-order valence-corrected chi connectivity index (χ0v) is 14.7. The summed E-state index contributed by atoms with van der Waals surface area (Å²) in [5, 5.41) is 1.12. The van der Waals surface area contributed by atoms with Crippen molar-refractivity contribution in [1.82, 2.24) is 9.55 Å². The molecule has 4 nitrogen and oxygen atoms in total. The summed E-state index contributed by atoms with van der Waals surface area (Å²) in [4.78, 5) is 29.0. The van der Waals surface area contributed by atoms with Gasteiger partial charge in [-0.25, -0.2) is 4.98 Å². The van der Waals surface area contributed by atoms with Crippen LogP contribution in [0, 0.1) is 0 Å². The van der Waals surface area contributed by atoms with Crippen LogP contribution in [0.15, 0.2) is 52.0 Å². The Labute approximate surface area is 149 Å². The van der Waals surface area contributed by atoms with E-state index in [-0.39, 0.29) is 17.9 Å². The summed E-state index contributed by atoms with van der Waals surface area (Å²) in [5.74, 6) is -0.248. The lowest BCUT2D eigenvalue weighted by atomic mass is 10.1. The minimum Gasteiger partial charge on any atom is -0.292 e. The number of hydrogen-bond donors (Lipinski definition) is 0. The second-order valence-electron chi connectivity index (χ2n) is 4.89. The van der Waals surface area contributed by atoms with Gasteiger partial charge in [-0.05, 0) is 36.4 Å². The van der Waals surface area contributed by atoms with Crippen LogP contribution in [-0.4, -0.2) is 15.3 Å². The molecule has 0 atom stereocenters. The lowest BCUT2D eigenvalue weighted by Crippen LogP contribution is -2.24. The average Bonchev–Trinajstić information content (AvgIpc) is 2.53. The minimum atomic E-state index is -0.273. The normalized spacial score (nSPS) is 10.9. The van der Waals surface area contributed by atoms with Gasteiger partial charge in [-0.3, -0.25) is 14.2 Å². The van der Waals surface area contributed by atoms with Crippen LogP contribution in [0.25, 0.3) is 10.9 Å². The Balaban J connectivity index is 1.97. The summed E-state index contributed by atoms with van der Waals surface area (Å²) in [6, 6.07) is 9.85. The van der Waals surface area contributed by atoms with Crippen molar-refractivity contribution in [3.05, 3.63) is 73.2 Å². The van der Waals surface area contributed by atoms with Crippen LogP contribution in [0.2, 0.25) is 10.0 Å². The second kappa shape index (κ2) is 6.43. The molecule has 0 N–H and O–H groups in total. The first-order valence-electron chi connectivity index (χ1n) is 6.58. The fraction of sp³-hybridized carbons (Fsp3) is 0.0625. The lowest BCUT2D eigenvalue weighted by Gasteiger charge is -2.07. The topological polar surface area (TPSA) is 52.0 Å². The number of benzene rings is 2. The minimum absolute atomic E-state index is 0.119. The summed E-state index contributed by atoms with van der Waals surface area (Å²) in [6.07, 6.45) is 1.37. The standard InChI is InChI=1S/C16H9BrCl2N2O2/c17-10-2-4-14-11(6-10)16(23)21(8-20-14)7-15(22)9-1-3-12(18)13(19)5-9/h1-6,8H,7H2. The highest BCUT2D eigenvalue weighted by Gasteiger charge is 2.12. The van der Waals surface area contributed by atoms with E-state index in [1.807, 2.05) is 0 Å². The Morgan fingerprint density at radius 1 is 1.13 bits per heavy atom. The van der Waals surface area contributed by atoms with Crippen molar-refractivity contribution in [2.45, 2.75) is 6.54 Å². The van der Waals surface area contributed by atoms with Crippen LogP contribution in [0.5, 0.6) is 0 Å². The Morgan fingerprint density at radius 2 is 1.91 bits per heavy atom. The van der Waals surface area contributed by atoms with Crippen molar-refractivity contribution in [1.29, 1.82) is 0 Å². The Kier molecular flexibility index (Phi) is 4.53. The van der Waals surface area contributed by atoms with Crippen molar-refractivity contribution < 1.29 is 4.79 Å². The van der Waals surface area contributed by atoms with E-state index >= 15 is 0 Å². The van der Waals surface area contributed by atoms with E-state index in [0.29, 0.717) is 26.5 Å². The van der Waals surface area contributed by atoms with Gasteiger partial charge >= 0.3 is 0 Å². The molecule has 0 saturated carbocycles. The molecule has 3 rings (SSSR count). The number of hydrogen-bond acceptors (Lipinski definition) is 3. The predicted octanol–water partition coefficient (Wildman–Crippen LogP) is 4.35. The van der Waals surface area contributed by atoms with Crippen LogP contribution in [-0.2, 0) is 6.54 Å². The van der Waals surface area contributed by atoms with Crippen molar-refractivity contribution in [2.75, 3.05) is 0 Å². The summed E-state index contributed by atoms with van der Waals surface area (Å²) in [5.41, 5.74) is 0.696. The first-order valence-corrected chi connectivity index (χ1v) is 8.13. The first-order chi connectivity index (χ1) is 11.0. The fourth-order valence-electron chi connectivity index (χ4n) is 2.16. The second-order valence-corrected chi connectivity index (χ2v) is 6.62. The van der Waals surface area contributed by atoms with Crippen LogP contribution < -0.4 is 5.56 Å². The maximum Gasteiger partial charge on any atom is 0.261 e. The molecule has 0 radical (unpaired) electrons. The van der Waals surface area contributed by atoms with Crippen LogP contribution in [0.3, 0.4) is 0 Å². The van der Waals surface area contributed by atoms with Crippen molar-refractivity contribution in [3.63, 3.8) is 0 Å². The maximum atomic E-state index is 12.5. The van der Waals surface area contributed by atoms with E-state index in [1.165, 1.54) is 17.0 Å². The van der Waals surface area contributed by atoms with Gasteiger partial charge in [-0.1, -0.05) is 39.1 Å². The van der Waals surface area contributed by atoms with Crippen LogP contribution in [0.1, 0.15) is 10.4 Å². The number of Topliss-reactive ketones (excluding diaryl/α,β-unsaturated/α-hetero) is 1. The van der Waals surface area contributed by atoms with E-state index in [4.69, 9.17) is 23.2 Å². The highest BCUT2D eigenvalue weighted by Crippen LogP contribution is 2.23. The zero-order valence-electron chi connectivity index (χ0n) is 11.6. The molecule has 23 heavy (non-hydrogen) atoms. The van der Waals surface area contributed by atoms with Gasteiger partial charge in [-0.2, -0.15) is 0 Å². The quantitative estimate of drug-likeness (QED) is 0.602. The van der Waals surface area contributed by atoms with E-state index in [0.717, 1.165) is 4.47 Å². The summed E-state index contributed by atoms with van der Waals surface area (Å²) >= 11 is 15.1. The molecule has 2 aromatic carbocycles. The van der Waals surface area contributed by atoms with Gasteiger partial charge in [0.05, 0.1) is 33.8 Å². The highest BCUT2D eigenvalue weighted by atomic mass is 79.9. The third kappa shape index (κ3) is 3.32. The summed E-state index contributed by atoms with van der Waals surface area (Å²) < 4.78 is 2.05. The molecule has 0 spiro atoms. The maximum absolute atomic E-state index is 12.5. The number of carbonyl (C=O) groups excluding carboxylic acids is 1. The van der Waals surface area contributed by atoms with Crippen molar-refractivity contribution >= 4 is 55.8 Å². The largest absolute Gasteiger partial charge is 0.292 e. The first kappa shape index (κ1) is 16.2. The van der Waals surface area contributed by atoms with Gasteiger partial charge in [0.1, 0.15) is 0 Å². The van der Waals surface area contributed by atoms with Crippen LogP contribution >= 0.6 is 39.1 Å². The van der Waals surface area contributed by atoms with Gasteiger partial charge in [0.15, 0.2) is 5.78 Å². The van der Waals surface area contributed by atoms with Gasteiger partial charge in [0.2, 0.25) is 0 Å². The Morgan fingerprint density at radius 3 is 2.65 bits per heavy atom. The Hall–Kier alpha value is -1.69. The molecule has 3 aromatic rings. The van der Waals surface area contributed by atoms with Crippen LogP contribution in [0.4, 0.5) is 0 Å². The predicted molar refractivity (Wildman–Crippen MR) is 94.5 cm³/mol. The molecule has 116 valence electrons. The number of ketones is 1. The number of nitrogens with zero attached hydrogens (tertiary/aromatic N) is 2. The average molecular weight is 412 g/mol. The van der Waals surface area contributed by atoms with E-state index in [9.17, 15) is 9.59 Å². The summed E-state index contributed by atoms with van der Waals surface area (Å²) in [6.45, 7) is -0.119. The number of rotatable bonds is 3. The molecule has 1 aromatic heterocycles. The molecule has 0 unspecified atom stereocenters. The van der Waals surface area contributed by atoms with Gasteiger partial charge in [0.25, 0.3) is 5.56 Å². The molecule has 7 heteroatoms. The SMILES string of the molecule is O=C(Cn1cnc2ccc(Br)cc2c1=O)c1ccc(Cl)c(Cl)c1. The van der Waals surface area contributed by atoms with Crippen molar-refractivity contribution in [2.24, 2.45) is 0 Å². The van der Waals surface area contributed by atoms with Gasteiger partial charge < -0.3 is 0 Å². The number of aromatic nitrogens is 2. The molecule has 0 amide bonds. The van der Waals surface area contributed by atoms with E-state index < -0.39 is 0 Å². The molecule has 0 saturated heterocycles. The highest BCUT2D eigenvalue weighted by molar-refractivity contribution is 9.10. The Bertz CT molecular complexity index is 985. The molecule has 0 aliphatic carbocycles. The smallest absolute Gasteiger partial charge is 0.261 e. The zero-order chi connectivity index (χ0) is 16.6. The summed E-state index contributed by atoms with van der Waals surface area (Å²) in [7, 11) is 0. The van der Waals surface area contributed by atoms with Crippen molar-refractivity contribution in [3.8, 4) is 0 Å². The third-order valence-electron chi connectivity index (χ3n) is 3.34. The molecule has 0 bridgehead atoms. The molecule has 0 aliphatic heterocycles. The van der Waals surface area contributed by atoms with E-state index in [1.54, 1.807) is 30.3 Å². The fourth-order valence-corrected chi connectivity index (χ4v) is 2.82. The monoisotopic (exact) mass is 410 g/mol. The number of halogens is 3. The number of carbonyl (C=O) groups is 1. The molecule has 0 aliphatic rings. The van der Waals surface area contributed by atoms with Gasteiger partial charge in [0, 0.05) is 10.0 Å². The lowest BCUT2D eigenvalue weighted by molar-refractivity contribution is 0.0970. The molecular weight excluding hydrogens is 403 g/mol. The molecule has 0 fully saturated rings. The van der Waals surface area contributed by atoms with E-state index in [2.05, 4.69) is 20.9 Å². The van der Waals surface area contributed by atoms with Gasteiger partial charge in [-0.15, -0.1) is 0 Å². The third-order valence-corrected chi connectivity index (χ3v) is 4.57. The molecular formula is C16H9BrCl2N2O2. The number of fused-ring (bicyclic) bond motifs is 1. The molecule has 1 heterocycles.